The Morgan fingerprint density at radius 3 is 2.66 bits per heavy atom. The highest BCUT2D eigenvalue weighted by Gasteiger charge is 2.31. The number of aliphatic imine (C=N–C) groups is 1. The van der Waals surface area contributed by atoms with Gasteiger partial charge in [0.1, 0.15) is 6.61 Å². The maximum atomic E-state index is 12.6. The predicted molar refractivity (Wildman–Crippen MR) is 120 cm³/mol. The number of nitrogens with zero attached hydrogens (tertiary/aromatic N) is 2. The van der Waals surface area contributed by atoms with Gasteiger partial charge >= 0.3 is 0 Å². The molecule has 29 heavy (non-hydrogen) atoms. The number of amidine groups is 1. The molecule has 0 bridgehead atoms. The summed E-state index contributed by atoms with van der Waals surface area (Å²) in [5.41, 5.74) is 1.76. The van der Waals surface area contributed by atoms with Gasteiger partial charge in [-0.25, -0.2) is 0 Å². The normalized spacial score (nSPS) is 16.7. The van der Waals surface area contributed by atoms with Gasteiger partial charge in [0.15, 0.2) is 16.7 Å². The molecule has 1 heterocycles. The number of carbonyl (C=O) groups excluding carboxylic acids is 1. The second-order valence-corrected chi connectivity index (χ2v) is 7.62. The maximum Gasteiger partial charge on any atom is 0.266 e. The van der Waals surface area contributed by atoms with E-state index in [1.165, 1.54) is 11.8 Å². The lowest BCUT2D eigenvalue weighted by Gasteiger charge is -2.12. The lowest BCUT2D eigenvalue weighted by molar-refractivity contribution is -0.122. The molecule has 2 aromatic carbocycles. The van der Waals surface area contributed by atoms with E-state index in [1.54, 1.807) is 12.0 Å². The van der Waals surface area contributed by atoms with Crippen LogP contribution in [0.25, 0.3) is 6.08 Å². The van der Waals surface area contributed by atoms with Crippen molar-refractivity contribution in [2.24, 2.45) is 4.99 Å². The van der Waals surface area contributed by atoms with Gasteiger partial charge in [0.2, 0.25) is 0 Å². The molecular weight excluding hydrogens is 408 g/mol. The van der Waals surface area contributed by atoms with Crippen LogP contribution in [0.3, 0.4) is 0 Å². The van der Waals surface area contributed by atoms with E-state index in [1.807, 2.05) is 62.4 Å². The summed E-state index contributed by atoms with van der Waals surface area (Å²) >= 11 is 7.59. The zero-order valence-electron chi connectivity index (χ0n) is 16.6. The van der Waals surface area contributed by atoms with Crippen molar-refractivity contribution in [1.82, 2.24) is 4.90 Å². The molecule has 1 saturated heterocycles. The van der Waals surface area contributed by atoms with Crippen LogP contribution in [0, 0.1) is 0 Å². The topological polar surface area (TPSA) is 51.1 Å². The van der Waals surface area contributed by atoms with E-state index >= 15 is 0 Å². The fraction of sp³-hybridized carbons (Fsp3) is 0.273. The number of hydrogen-bond acceptors (Lipinski definition) is 5. The third kappa shape index (κ3) is 4.95. The number of likely N-dealkylation sites (N-methyl/N-ethyl adjacent to an activating group) is 1. The molecule has 0 N–H and O–H groups in total. The molecule has 0 atom stereocenters. The van der Waals surface area contributed by atoms with E-state index < -0.39 is 0 Å². The zero-order chi connectivity index (χ0) is 20.8. The summed E-state index contributed by atoms with van der Waals surface area (Å²) in [6.45, 7) is 5.48. The van der Waals surface area contributed by atoms with Gasteiger partial charge in [0, 0.05) is 23.7 Å². The molecule has 5 nitrogen and oxygen atoms in total. The first kappa shape index (κ1) is 21.3. The first-order chi connectivity index (χ1) is 14.1. The van der Waals surface area contributed by atoms with E-state index in [0.29, 0.717) is 41.1 Å². The Bertz CT molecular complexity index is 959. The smallest absolute Gasteiger partial charge is 0.266 e. The molecule has 152 valence electrons. The van der Waals surface area contributed by atoms with Crippen LogP contribution in [-0.4, -0.2) is 36.2 Å². The minimum absolute atomic E-state index is 0.0253. The second kappa shape index (κ2) is 9.85. The molecule has 0 radical (unpaired) electrons. The summed E-state index contributed by atoms with van der Waals surface area (Å²) in [6.07, 6.45) is 1.86. The molecule has 7 heteroatoms. The van der Waals surface area contributed by atoms with Gasteiger partial charge in [-0.05, 0) is 55.4 Å². The first-order valence-electron chi connectivity index (χ1n) is 9.37. The summed E-state index contributed by atoms with van der Waals surface area (Å²) in [5, 5.41) is 1.41. The number of hydrogen-bond donors (Lipinski definition) is 0. The third-order valence-corrected chi connectivity index (χ3v) is 5.74. The summed E-state index contributed by atoms with van der Waals surface area (Å²) in [7, 11) is 1.59. The van der Waals surface area contributed by atoms with Crippen LogP contribution in [0.2, 0.25) is 5.02 Å². The van der Waals surface area contributed by atoms with Crippen LogP contribution in [0.4, 0.5) is 0 Å². The number of amides is 1. The Balaban J connectivity index is 1.80. The fourth-order valence-electron chi connectivity index (χ4n) is 2.86. The number of halogens is 1. The number of benzene rings is 2. The molecule has 0 unspecified atom stereocenters. The van der Waals surface area contributed by atoms with Crippen molar-refractivity contribution in [1.29, 1.82) is 0 Å². The van der Waals surface area contributed by atoms with Crippen LogP contribution >= 0.6 is 23.4 Å². The predicted octanol–water partition coefficient (Wildman–Crippen LogP) is 5.24. The molecule has 3 rings (SSSR count). The Kier molecular flexibility index (Phi) is 7.23. The zero-order valence-corrected chi connectivity index (χ0v) is 18.2. The molecule has 1 aliphatic rings. The van der Waals surface area contributed by atoms with Gasteiger partial charge < -0.3 is 9.47 Å². The van der Waals surface area contributed by atoms with Crippen molar-refractivity contribution in [3.63, 3.8) is 0 Å². The van der Waals surface area contributed by atoms with Gasteiger partial charge in [-0.1, -0.05) is 35.9 Å². The van der Waals surface area contributed by atoms with E-state index in [-0.39, 0.29) is 5.91 Å². The second-order valence-electron chi connectivity index (χ2n) is 6.21. The van der Waals surface area contributed by atoms with E-state index in [2.05, 4.69) is 4.99 Å². The van der Waals surface area contributed by atoms with Crippen molar-refractivity contribution in [3.05, 3.63) is 63.5 Å². The van der Waals surface area contributed by atoms with Crippen molar-refractivity contribution in [2.45, 2.75) is 20.5 Å². The molecule has 0 spiro atoms. The number of ether oxygens (including phenoxy) is 2. The highest BCUT2D eigenvalue weighted by atomic mass is 35.5. The summed E-state index contributed by atoms with van der Waals surface area (Å²) in [6, 6.07) is 13.1. The van der Waals surface area contributed by atoms with Crippen molar-refractivity contribution in [2.75, 3.05) is 20.2 Å². The molecule has 1 amide bonds. The van der Waals surface area contributed by atoms with Crippen molar-refractivity contribution >= 4 is 40.5 Å². The first-order valence-corrected chi connectivity index (χ1v) is 10.6. The molecule has 1 fully saturated rings. The largest absolute Gasteiger partial charge is 0.493 e. The number of carbonyl (C=O) groups is 1. The van der Waals surface area contributed by atoms with Gasteiger partial charge in [0.25, 0.3) is 5.91 Å². The van der Waals surface area contributed by atoms with Crippen LogP contribution in [-0.2, 0) is 11.4 Å². The average Bonchev–Trinajstić information content (AvgIpc) is 3.02. The number of methoxy groups -OCH3 is 1. The van der Waals surface area contributed by atoms with E-state index in [9.17, 15) is 4.79 Å². The van der Waals surface area contributed by atoms with Crippen LogP contribution in [0.1, 0.15) is 25.0 Å². The monoisotopic (exact) mass is 430 g/mol. The fourth-order valence-corrected chi connectivity index (χ4v) is 4.15. The summed E-state index contributed by atoms with van der Waals surface area (Å²) in [4.78, 5) is 19.4. The summed E-state index contributed by atoms with van der Waals surface area (Å²) in [5.74, 6) is 1.18. The molecule has 0 aliphatic carbocycles. The van der Waals surface area contributed by atoms with Gasteiger partial charge in [-0.3, -0.25) is 14.7 Å². The number of thioether (sulfide) groups is 1. The quantitative estimate of drug-likeness (QED) is 0.563. The SMILES string of the molecule is CCN=C1SC(=Cc2ccc(OCc3ccccc3Cl)c(OC)c2)C(=O)N1CC. The van der Waals surface area contributed by atoms with Crippen molar-refractivity contribution < 1.29 is 14.3 Å². The van der Waals surface area contributed by atoms with Gasteiger partial charge in [0.05, 0.1) is 12.0 Å². The molecular formula is C22H23ClN2O3S. The highest BCUT2D eigenvalue weighted by molar-refractivity contribution is 8.18. The molecule has 1 aliphatic heterocycles. The Labute approximate surface area is 180 Å². The standard InChI is InChI=1S/C22H23ClN2O3S/c1-4-24-22-25(5-2)21(26)20(29-22)13-15-10-11-18(19(12-15)27-3)28-14-16-8-6-7-9-17(16)23/h6-13H,4-5,14H2,1-3H3. The van der Waals surface area contributed by atoms with Gasteiger partial charge in [-0.15, -0.1) is 0 Å². The molecule has 2 aromatic rings. The lowest BCUT2D eigenvalue weighted by atomic mass is 10.1. The lowest BCUT2D eigenvalue weighted by Crippen LogP contribution is -2.28. The highest BCUT2D eigenvalue weighted by Crippen LogP contribution is 2.35. The van der Waals surface area contributed by atoms with Gasteiger partial charge in [-0.2, -0.15) is 0 Å². The average molecular weight is 431 g/mol. The molecule has 0 saturated carbocycles. The van der Waals surface area contributed by atoms with Crippen molar-refractivity contribution in [3.8, 4) is 11.5 Å². The minimum Gasteiger partial charge on any atom is -0.493 e. The Hall–Kier alpha value is -2.44. The van der Waals surface area contributed by atoms with E-state index in [4.69, 9.17) is 21.1 Å². The molecule has 0 aromatic heterocycles. The minimum atomic E-state index is -0.0253. The Morgan fingerprint density at radius 1 is 1.17 bits per heavy atom. The van der Waals surface area contributed by atoms with Crippen LogP contribution in [0.15, 0.2) is 52.4 Å². The summed E-state index contributed by atoms with van der Waals surface area (Å²) < 4.78 is 11.4. The third-order valence-electron chi connectivity index (χ3n) is 4.32. The van der Waals surface area contributed by atoms with Crippen LogP contribution < -0.4 is 9.47 Å². The maximum absolute atomic E-state index is 12.6. The van der Waals surface area contributed by atoms with E-state index in [0.717, 1.165) is 16.3 Å². The Morgan fingerprint density at radius 2 is 1.97 bits per heavy atom. The van der Waals surface area contributed by atoms with Crippen LogP contribution in [0.5, 0.6) is 11.5 Å². The number of rotatable bonds is 7.